The Bertz CT molecular complexity index is 3900. The number of aromatic nitrogens is 5. The highest BCUT2D eigenvalue weighted by Gasteiger charge is 2.24. The lowest BCUT2D eigenvalue weighted by molar-refractivity contribution is 0.954. The summed E-state index contributed by atoms with van der Waals surface area (Å²) in [5.41, 5.74) is 12.0. The molecule has 4 aromatic heterocycles. The second-order valence-corrected chi connectivity index (χ2v) is 17.1. The molecule has 0 radical (unpaired) electrons. The molecular weight excluding hydrogens is 787 g/mol. The highest BCUT2D eigenvalue weighted by atomic mass is 32.1. The molecule has 0 unspecified atom stereocenters. The summed E-state index contributed by atoms with van der Waals surface area (Å²) < 4.78 is 7.22. The second-order valence-electron chi connectivity index (χ2n) is 16.0. The van der Waals surface area contributed by atoms with Crippen molar-refractivity contribution in [3.63, 3.8) is 0 Å². The summed E-state index contributed by atoms with van der Waals surface area (Å²) in [4.78, 5) is 15.9. The molecule has 0 bridgehead atoms. The van der Waals surface area contributed by atoms with Crippen molar-refractivity contribution in [2.45, 2.75) is 0 Å². The first kappa shape index (κ1) is 35.6. The van der Waals surface area contributed by atoms with Gasteiger partial charge in [-0.2, -0.15) is 9.97 Å². The highest BCUT2D eigenvalue weighted by Crippen LogP contribution is 2.44. The van der Waals surface area contributed by atoms with Gasteiger partial charge in [0.1, 0.15) is 0 Å². The first-order valence-electron chi connectivity index (χ1n) is 21.2. The van der Waals surface area contributed by atoms with Gasteiger partial charge >= 0.3 is 0 Å². The maximum absolute atomic E-state index is 5.38. The summed E-state index contributed by atoms with van der Waals surface area (Å²) in [6.45, 7) is 0. The lowest BCUT2D eigenvalue weighted by Crippen LogP contribution is -2.06. The van der Waals surface area contributed by atoms with E-state index in [-0.39, 0.29) is 0 Å². The fraction of sp³-hybridized carbons (Fsp3) is 0. The van der Waals surface area contributed by atoms with Gasteiger partial charge in [0.15, 0.2) is 11.6 Å². The Morgan fingerprint density at radius 1 is 0.333 bits per heavy atom. The van der Waals surface area contributed by atoms with Crippen molar-refractivity contribution < 1.29 is 0 Å². The zero-order valence-electron chi connectivity index (χ0n) is 33.9. The molecule has 13 rings (SSSR count). The zero-order valence-corrected chi connectivity index (χ0v) is 34.7. The molecule has 0 aliphatic carbocycles. The molecule has 294 valence electrons. The van der Waals surface area contributed by atoms with Crippen molar-refractivity contribution in [3.05, 3.63) is 212 Å². The van der Waals surface area contributed by atoms with E-state index in [4.69, 9.17) is 15.0 Å². The number of benzene rings is 9. The van der Waals surface area contributed by atoms with Gasteiger partial charge in [0.25, 0.3) is 0 Å². The summed E-state index contributed by atoms with van der Waals surface area (Å²) in [5.74, 6) is 1.82. The third-order valence-electron chi connectivity index (χ3n) is 12.4. The second kappa shape index (κ2) is 14.2. The van der Waals surface area contributed by atoms with Crippen LogP contribution in [0, 0.1) is 0 Å². The molecule has 0 aliphatic rings. The van der Waals surface area contributed by atoms with Crippen molar-refractivity contribution >= 4 is 75.1 Å². The average molecular weight is 822 g/mol. The summed E-state index contributed by atoms with van der Waals surface area (Å²) in [6, 6.07) is 75.7. The average Bonchev–Trinajstić information content (AvgIpc) is 4.02. The molecule has 6 heteroatoms. The first-order valence-corrected chi connectivity index (χ1v) is 22.0. The van der Waals surface area contributed by atoms with E-state index in [9.17, 15) is 0 Å². The standard InChI is InChI=1S/C57H35N5S/c1-4-16-36(17-5-1)39-28-31-49(45(34-39)37-18-6-2-7-19-37)61-47-25-13-10-22-41(47)43-30-32-50-53(54(43)61)44-24-11-14-26-48(44)62(50)57-59-55(38-20-8-3-9-21-38)58-56(60-57)40-29-33-52-46(35-40)42-23-12-15-27-51(42)63-52/h1-35H. The Hall–Kier alpha value is -8.19. The predicted molar refractivity (Wildman–Crippen MR) is 263 cm³/mol. The van der Waals surface area contributed by atoms with E-state index in [1.807, 2.05) is 29.5 Å². The Kier molecular flexibility index (Phi) is 8.01. The van der Waals surface area contributed by atoms with E-state index in [0.717, 1.165) is 60.8 Å². The van der Waals surface area contributed by atoms with Crippen LogP contribution in [0.3, 0.4) is 0 Å². The Labute approximate surface area is 366 Å². The lowest BCUT2D eigenvalue weighted by Gasteiger charge is -2.17. The third-order valence-corrected chi connectivity index (χ3v) is 13.5. The quantitative estimate of drug-likeness (QED) is 0.168. The fourth-order valence-corrected chi connectivity index (χ4v) is 10.6. The van der Waals surface area contributed by atoms with Crippen LogP contribution >= 0.6 is 11.3 Å². The van der Waals surface area contributed by atoms with Gasteiger partial charge in [0, 0.05) is 58.4 Å². The van der Waals surface area contributed by atoms with Gasteiger partial charge in [0.05, 0.1) is 27.8 Å². The molecule has 9 aromatic carbocycles. The lowest BCUT2D eigenvalue weighted by atomic mass is 9.97. The van der Waals surface area contributed by atoms with Crippen LogP contribution in [0.5, 0.6) is 0 Å². The number of hydrogen-bond acceptors (Lipinski definition) is 4. The molecule has 4 heterocycles. The Morgan fingerprint density at radius 2 is 0.921 bits per heavy atom. The summed E-state index contributed by atoms with van der Waals surface area (Å²) in [7, 11) is 0. The van der Waals surface area contributed by atoms with Crippen LogP contribution in [-0.4, -0.2) is 24.1 Å². The van der Waals surface area contributed by atoms with Crippen molar-refractivity contribution in [1.29, 1.82) is 0 Å². The SMILES string of the molecule is c1ccc(-c2ccc(-n3c4ccccc4c4ccc5c(c6ccccc6n5-c5nc(-c6ccccc6)nc(-c6ccc7sc8ccccc8c7c6)n5)c43)c(-c3ccccc3)c2)cc1. The minimum absolute atomic E-state index is 0.569. The summed E-state index contributed by atoms with van der Waals surface area (Å²) in [6.07, 6.45) is 0. The number of hydrogen-bond donors (Lipinski definition) is 0. The number of para-hydroxylation sites is 2. The Balaban J connectivity index is 1.11. The van der Waals surface area contributed by atoms with E-state index in [0.29, 0.717) is 17.6 Å². The van der Waals surface area contributed by atoms with Crippen molar-refractivity contribution in [3.8, 4) is 56.7 Å². The van der Waals surface area contributed by atoms with Crippen LogP contribution in [-0.2, 0) is 0 Å². The molecule has 0 fully saturated rings. The molecule has 0 N–H and O–H groups in total. The smallest absolute Gasteiger partial charge is 0.238 e. The van der Waals surface area contributed by atoms with Crippen LogP contribution in [0.2, 0.25) is 0 Å². The molecule has 0 saturated carbocycles. The molecular formula is C57H35N5S. The predicted octanol–water partition coefficient (Wildman–Crippen LogP) is 15.1. The monoisotopic (exact) mass is 821 g/mol. The van der Waals surface area contributed by atoms with Gasteiger partial charge in [-0.1, -0.05) is 158 Å². The number of nitrogens with zero attached hydrogens (tertiary/aromatic N) is 5. The topological polar surface area (TPSA) is 48.5 Å². The maximum atomic E-state index is 5.38. The Morgan fingerprint density at radius 3 is 1.68 bits per heavy atom. The molecule has 63 heavy (non-hydrogen) atoms. The van der Waals surface area contributed by atoms with E-state index in [2.05, 4.69) is 203 Å². The van der Waals surface area contributed by atoms with Gasteiger partial charge in [-0.15, -0.1) is 11.3 Å². The number of rotatable bonds is 6. The van der Waals surface area contributed by atoms with Gasteiger partial charge in [0.2, 0.25) is 5.95 Å². The van der Waals surface area contributed by atoms with Gasteiger partial charge in [-0.3, -0.25) is 4.57 Å². The van der Waals surface area contributed by atoms with Crippen LogP contribution in [0.25, 0.3) is 120 Å². The van der Waals surface area contributed by atoms with Gasteiger partial charge in [-0.05, 0) is 71.3 Å². The molecule has 5 nitrogen and oxygen atoms in total. The summed E-state index contributed by atoms with van der Waals surface area (Å²) in [5, 5.41) is 7.09. The number of thiophene rings is 1. The van der Waals surface area contributed by atoms with Crippen molar-refractivity contribution in [2.75, 3.05) is 0 Å². The van der Waals surface area contributed by atoms with E-state index in [1.54, 1.807) is 0 Å². The van der Waals surface area contributed by atoms with Gasteiger partial charge in [-0.25, -0.2) is 4.98 Å². The minimum atomic E-state index is 0.569. The fourth-order valence-electron chi connectivity index (χ4n) is 9.54. The van der Waals surface area contributed by atoms with Crippen LogP contribution in [0.15, 0.2) is 212 Å². The van der Waals surface area contributed by atoms with Crippen LogP contribution < -0.4 is 0 Å². The normalized spacial score (nSPS) is 11.8. The van der Waals surface area contributed by atoms with Crippen molar-refractivity contribution in [1.82, 2.24) is 24.1 Å². The molecule has 0 atom stereocenters. The zero-order chi connectivity index (χ0) is 41.4. The molecule has 13 aromatic rings. The van der Waals surface area contributed by atoms with Crippen LogP contribution in [0.4, 0.5) is 0 Å². The van der Waals surface area contributed by atoms with E-state index >= 15 is 0 Å². The number of fused-ring (bicyclic) bond motifs is 10. The first-order chi connectivity index (χ1) is 31.2. The van der Waals surface area contributed by atoms with Gasteiger partial charge < -0.3 is 4.57 Å². The minimum Gasteiger partial charge on any atom is -0.308 e. The van der Waals surface area contributed by atoms with Crippen molar-refractivity contribution in [2.24, 2.45) is 0 Å². The molecule has 0 aliphatic heterocycles. The maximum Gasteiger partial charge on any atom is 0.238 e. The molecule has 0 saturated heterocycles. The van der Waals surface area contributed by atoms with E-state index in [1.165, 1.54) is 42.1 Å². The third kappa shape index (κ3) is 5.66. The summed E-state index contributed by atoms with van der Waals surface area (Å²) >= 11 is 1.81. The van der Waals surface area contributed by atoms with E-state index < -0.39 is 0 Å². The largest absolute Gasteiger partial charge is 0.308 e. The highest BCUT2D eigenvalue weighted by molar-refractivity contribution is 7.25. The molecule has 0 spiro atoms. The van der Waals surface area contributed by atoms with Crippen LogP contribution in [0.1, 0.15) is 0 Å². The molecule has 0 amide bonds.